The number of allylic oxidation sites excluding steroid dienone is 12. The van der Waals surface area contributed by atoms with Crippen molar-refractivity contribution in [1.29, 1.82) is 0 Å². The predicted molar refractivity (Wildman–Crippen MR) is 344 cm³/mol. The van der Waals surface area contributed by atoms with Crippen molar-refractivity contribution < 1.29 is 28.6 Å². The van der Waals surface area contributed by atoms with Gasteiger partial charge in [-0.05, 0) is 109 Å². The molecule has 0 aromatic heterocycles. The van der Waals surface area contributed by atoms with Crippen molar-refractivity contribution >= 4 is 17.9 Å². The molecule has 1 unspecified atom stereocenters. The largest absolute Gasteiger partial charge is 0.462 e. The zero-order valence-electron chi connectivity index (χ0n) is 52.6. The number of hydrogen-bond acceptors (Lipinski definition) is 6. The van der Waals surface area contributed by atoms with Crippen LogP contribution in [0.25, 0.3) is 0 Å². The van der Waals surface area contributed by atoms with Crippen molar-refractivity contribution in [2.75, 3.05) is 13.2 Å². The van der Waals surface area contributed by atoms with Crippen LogP contribution in [-0.2, 0) is 28.6 Å². The maximum absolute atomic E-state index is 12.9. The van der Waals surface area contributed by atoms with Gasteiger partial charge in [0, 0.05) is 19.3 Å². The Morgan fingerprint density at radius 3 is 0.785 bits per heavy atom. The summed E-state index contributed by atoms with van der Waals surface area (Å²) in [6, 6.07) is 0. The van der Waals surface area contributed by atoms with Crippen molar-refractivity contribution in [2.45, 2.75) is 361 Å². The van der Waals surface area contributed by atoms with E-state index in [1.807, 2.05) is 0 Å². The lowest BCUT2D eigenvalue weighted by atomic mass is 10.0. The molecule has 0 saturated heterocycles. The first-order valence-corrected chi connectivity index (χ1v) is 34.4. The van der Waals surface area contributed by atoms with Crippen molar-refractivity contribution in [3.8, 4) is 0 Å². The second-order valence-electron chi connectivity index (χ2n) is 23.1. The van der Waals surface area contributed by atoms with Crippen LogP contribution in [0.5, 0.6) is 0 Å². The zero-order chi connectivity index (χ0) is 57.1. The number of unbranched alkanes of at least 4 members (excludes halogenated alkanes) is 40. The number of rotatable bonds is 63. The summed E-state index contributed by atoms with van der Waals surface area (Å²) >= 11 is 0. The van der Waals surface area contributed by atoms with E-state index in [0.29, 0.717) is 19.3 Å². The van der Waals surface area contributed by atoms with Crippen LogP contribution in [0.3, 0.4) is 0 Å². The fourth-order valence-corrected chi connectivity index (χ4v) is 10.0. The molecular weight excluding hydrogens is 973 g/mol. The summed E-state index contributed by atoms with van der Waals surface area (Å²) < 4.78 is 17.0. The highest BCUT2D eigenvalue weighted by Gasteiger charge is 2.19. The van der Waals surface area contributed by atoms with Crippen LogP contribution in [0.4, 0.5) is 0 Å². The Balaban J connectivity index is 4.34. The topological polar surface area (TPSA) is 78.9 Å². The van der Waals surface area contributed by atoms with Gasteiger partial charge < -0.3 is 14.2 Å². The molecule has 0 aliphatic rings. The standard InChI is InChI=1S/C73H130O6/c1-4-7-10-13-16-19-22-25-28-31-33-34-35-36-37-38-40-42-45-48-51-54-57-60-63-66-72(75)78-69-70(68-77-71(74)65-62-59-56-53-50-47-44-41-30-27-24-21-18-15-12-9-6-3)79-73(76)67-64-61-58-55-52-49-46-43-39-32-29-26-23-20-17-14-11-8-5-2/h9,12,18,21,26-27,29-31,33,44,47,70H,4-8,10-11,13-17,19-20,22-25,28,32,34-43,45-46,48-69H2,1-3H3/b12-9-,21-18-,29-26-,30-27-,33-31-,47-44-. The minimum absolute atomic E-state index is 0.0819. The maximum atomic E-state index is 12.9. The second-order valence-corrected chi connectivity index (χ2v) is 23.1. The van der Waals surface area contributed by atoms with Gasteiger partial charge >= 0.3 is 17.9 Å². The molecule has 6 heteroatoms. The molecule has 6 nitrogen and oxygen atoms in total. The molecule has 0 saturated carbocycles. The highest BCUT2D eigenvalue weighted by atomic mass is 16.6. The Bertz CT molecular complexity index is 1450. The van der Waals surface area contributed by atoms with E-state index in [4.69, 9.17) is 14.2 Å². The van der Waals surface area contributed by atoms with Crippen LogP contribution in [0.2, 0.25) is 0 Å². The minimum Gasteiger partial charge on any atom is -0.462 e. The smallest absolute Gasteiger partial charge is 0.306 e. The third kappa shape index (κ3) is 65.5. The average Bonchev–Trinajstić information content (AvgIpc) is 3.45. The molecule has 0 N–H and O–H groups in total. The number of esters is 3. The Morgan fingerprint density at radius 2 is 0.494 bits per heavy atom. The van der Waals surface area contributed by atoms with Crippen LogP contribution in [0.1, 0.15) is 355 Å². The molecule has 0 heterocycles. The molecule has 458 valence electrons. The molecule has 0 aliphatic carbocycles. The van der Waals surface area contributed by atoms with E-state index in [9.17, 15) is 14.4 Å². The van der Waals surface area contributed by atoms with E-state index in [0.717, 1.165) is 96.3 Å². The van der Waals surface area contributed by atoms with Crippen molar-refractivity contribution in [3.63, 3.8) is 0 Å². The first-order valence-electron chi connectivity index (χ1n) is 34.4. The lowest BCUT2D eigenvalue weighted by molar-refractivity contribution is -0.167. The van der Waals surface area contributed by atoms with Crippen molar-refractivity contribution in [1.82, 2.24) is 0 Å². The second kappa shape index (κ2) is 67.4. The van der Waals surface area contributed by atoms with Crippen LogP contribution in [0, 0.1) is 0 Å². The molecule has 0 aromatic rings. The molecule has 0 fully saturated rings. The van der Waals surface area contributed by atoms with Crippen LogP contribution in [-0.4, -0.2) is 37.2 Å². The molecule has 1 atom stereocenters. The van der Waals surface area contributed by atoms with Gasteiger partial charge in [0.2, 0.25) is 0 Å². The summed E-state index contributed by atoms with van der Waals surface area (Å²) in [4.78, 5) is 38.4. The van der Waals surface area contributed by atoms with E-state index in [1.165, 1.54) is 218 Å². The van der Waals surface area contributed by atoms with Gasteiger partial charge in [0.05, 0.1) is 0 Å². The summed E-state index contributed by atoms with van der Waals surface area (Å²) in [6.45, 7) is 6.55. The highest BCUT2D eigenvalue weighted by molar-refractivity contribution is 5.71. The van der Waals surface area contributed by atoms with Gasteiger partial charge in [-0.3, -0.25) is 14.4 Å². The van der Waals surface area contributed by atoms with E-state index >= 15 is 0 Å². The SMILES string of the molecule is CC/C=C\C/C=C\C/C=C\C/C=C\CCCCCCC(=O)OCC(COC(=O)CCCCCCCCCCCCCCC/C=C\CCCCCCCCCC)OC(=O)CCCCCCCCCCC/C=C\CCCCCCCC. The first-order chi connectivity index (χ1) is 39.0. The van der Waals surface area contributed by atoms with E-state index < -0.39 is 6.10 Å². The summed E-state index contributed by atoms with van der Waals surface area (Å²) in [5.41, 5.74) is 0. The molecule has 0 bridgehead atoms. The zero-order valence-corrected chi connectivity index (χ0v) is 52.6. The number of hydrogen-bond donors (Lipinski definition) is 0. The predicted octanol–water partition coefficient (Wildman–Crippen LogP) is 23.7. The van der Waals surface area contributed by atoms with Crippen LogP contribution < -0.4 is 0 Å². The van der Waals surface area contributed by atoms with Gasteiger partial charge in [0.15, 0.2) is 6.10 Å². The molecule has 79 heavy (non-hydrogen) atoms. The fourth-order valence-electron chi connectivity index (χ4n) is 10.0. The van der Waals surface area contributed by atoms with Gasteiger partial charge in [0.25, 0.3) is 0 Å². The number of ether oxygens (including phenoxy) is 3. The van der Waals surface area contributed by atoms with Gasteiger partial charge in [0.1, 0.15) is 13.2 Å². The van der Waals surface area contributed by atoms with Gasteiger partial charge in [-0.25, -0.2) is 0 Å². The van der Waals surface area contributed by atoms with Crippen molar-refractivity contribution in [2.24, 2.45) is 0 Å². The Labute approximate surface area is 491 Å². The molecule has 0 radical (unpaired) electrons. The molecule has 0 aliphatic heterocycles. The van der Waals surface area contributed by atoms with Crippen LogP contribution in [0.15, 0.2) is 72.9 Å². The molecule has 0 spiro atoms. The Morgan fingerprint density at radius 1 is 0.266 bits per heavy atom. The Hall–Kier alpha value is -3.15. The summed E-state index contributed by atoms with van der Waals surface area (Å²) in [7, 11) is 0. The van der Waals surface area contributed by atoms with Crippen LogP contribution >= 0.6 is 0 Å². The van der Waals surface area contributed by atoms with E-state index in [2.05, 4.69) is 93.7 Å². The minimum atomic E-state index is -0.788. The quantitative estimate of drug-likeness (QED) is 0.0261. The molecule has 0 rings (SSSR count). The third-order valence-electron chi connectivity index (χ3n) is 15.2. The van der Waals surface area contributed by atoms with Gasteiger partial charge in [-0.2, -0.15) is 0 Å². The van der Waals surface area contributed by atoms with E-state index in [-0.39, 0.29) is 31.1 Å². The van der Waals surface area contributed by atoms with Gasteiger partial charge in [-0.15, -0.1) is 0 Å². The molecular formula is C73H130O6. The monoisotopic (exact) mass is 1100 g/mol. The number of carbonyl (C=O) groups is 3. The summed E-state index contributed by atoms with van der Waals surface area (Å²) in [5, 5.41) is 0. The van der Waals surface area contributed by atoms with Crippen molar-refractivity contribution in [3.05, 3.63) is 72.9 Å². The molecule has 0 amide bonds. The van der Waals surface area contributed by atoms with E-state index in [1.54, 1.807) is 0 Å². The third-order valence-corrected chi connectivity index (χ3v) is 15.2. The fraction of sp³-hybridized carbons (Fsp3) is 0.795. The average molecular weight is 1100 g/mol. The number of carbonyl (C=O) groups excluding carboxylic acids is 3. The first kappa shape index (κ1) is 75.8. The molecule has 0 aromatic carbocycles. The normalized spacial score (nSPS) is 12.5. The highest BCUT2D eigenvalue weighted by Crippen LogP contribution is 2.17. The summed E-state index contributed by atoms with van der Waals surface area (Å²) in [5.74, 6) is -0.890. The lowest BCUT2D eigenvalue weighted by Crippen LogP contribution is -2.30. The van der Waals surface area contributed by atoms with Gasteiger partial charge in [-0.1, -0.05) is 299 Å². The lowest BCUT2D eigenvalue weighted by Gasteiger charge is -2.18. The summed E-state index contributed by atoms with van der Waals surface area (Å²) in [6.07, 6.45) is 87.8. The maximum Gasteiger partial charge on any atom is 0.306 e. The Kier molecular flexibility index (Phi) is 64.7.